The van der Waals surface area contributed by atoms with E-state index in [1.54, 1.807) is 13.2 Å². The number of rotatable bonds is 5. The molecule has 0 fully saturated rings. The van der Waals surface area contributed by atoms with Crippen LogP contribution in [0.15, 0.2) is 69.5 Å². The number of aromatic nitrogens is 2. The molecule has 4 aromatic rings. The summed E-state index contributed by atoms with van der Waals surface area (Å²) in [7, 11) is 1.61. The number of nitrogens with one attached hydrogen (secondary N) is 1. The molecule has 0 atom stereocenters. The Morgan fingerprint density at radius 2 is 1.97 bits per heavy atom. The van der Waals surface area contributed by atoms with E-state index in [0.717, 1.165) is 21.3 Å². The topological polar surface area (TPSA) is 73.2 Å². The SMILES string of the molecule is COc1ccc(-c2csc3ncn(CC(=O)Nc4ccccc4Br)c(=O)c23)cc1. The summed E-state index contributed by atoms with van der Waals surface area (Å²) in [4.78, 5) is 30.5. The van der Waals surface area contributed by atoms with Crippen LogP contribution in [0.1, 0.15) is 0 Å². The second-order valence-corrected chi connectivity index (χ2v) is 7.98. The third kappa shape index (κ3) is 3.94. The van der Waals surface area contributed by atoms with Crippen LogP contribution in [-0.4, -0.2) is 22.6 Å². The van der Waals surface area contributed by atoms with Crippen LogP contribution in [0.25, 0.3) is 21.3 Å². The molecule has 2 heterocycles. The molecule has 0 spiro atoms. The van der Waals surface area contributed by atoms with Crippen LogP contribution in [0, 0.1) is 0 Å². The van der Waals surface area contributed by atoms with Crippen molar-refractivity contribution < 1.29 is 9.53 Å². The van der Waals surface area contributed by atoms with Gasteiger partial charge in [0.2, 0.25) is 5.91 Å². The van der Waals surface area contributed by atoms with Crippen LogP contribution in [0.3, 0.4) is 0 Å². The van der Waals surface area contributed by atoms with Gasteiger partial charge < -0.3 is 10.1 Å². The van der Waals surface area contributed by atoms with E-state index in [1.165, 1.54) is 22.2 Å². The molecule has 6 nitrogen and oxygen atoms in total. The first-order chi connectivity index (χ1) is 14.1. The van der Waals surface area contributed by atoms with Crippen molar-refractivity contribution in [3.63, 3.8) is 0 Å². The molecule has 0 radical (unpaired) electrons. The molecule has 2 aromatic heterocycles. The molecule has 0 aliphatic heterocycles. The molecule has 0 saturated heterocycles. The van der Waals surface area contributed by atoms with Crippen molar-refractivity contribution in [2.24, 2.45) is 0 Å². The van der Waals surface area contributed by atoms with Gasteiger partial charge in [-0.3, -0.25) is 14.2 Å². The van der Waals surface area contributed by atoms with E-state index in [-0.39, 0.29) is 18.0 Å². The van der Waals surface area contributed by atoms with Crippen molar-refractivity contribution in [3.05, 3.63) is 75.1 Å². The molecule has 0 aliphatic carbocycles. The fraction of sp³-hybridized carbons (Fsp3) is 0.0952. The second kappa shape index (κ2) is 8.18. The van der Waals surface area contributed by atoms with Crippen molar-refractivity contribution >= 4 is 49.1 Å². The number of thiophene rings is 1. The fourth-order valence-electron chi connectivity index (χ4n) is 2.97. The summed E-state index contributed by atoms with van der Waals surface area (Å²) in [6, 6.07) is 14.8. The zero-order valence-electron chi connectivity index (χ0n) is 15.4. The highest BCUT2D eigenvalue weighted by Gasteiger charge is 2.15. The molecule has 2 aromatic carbocycles. The maximum Gasteiger partial charge on any atom is 0.263 e. The highest BCUT2D eigenvalue weighted by Crippen LogP contribution is 2.31. The van der Waals surface area contributed by atoms with Gasteiger partial charge in [-0.25, -0.2) is 4.98 Å². The molecule has 29 heavy (non-hydrogen) atoms. The number of benzene rings is 2. The number of nitrogens with zero attached hydrogens (tertiary/aromatic N) is 2. The Morgan fingerprint density at radius 3 is 2.69 bits per heavy atom. The van der Waals surface area contributed by atoms with Crippen molar-refractivity contribution in [1.82, 2.24) is 9.55 Å². The van der Waals surface area contributed by atoms with E-state index >= 15 is 0 Å². The number of anilines is 1. The first-order valence-corrected chi connectivity index (χ1v) is 10.4. The molecule has 0 aliphatic rings. The highest BCUT2D eigenvalue weighted by atomic mass is 79.9. The summed E-state index contributed by atoms with van der Waals surface area (Å²) in [6.45, 7) is -0.124. The quantitative estimate of drug-likeness (QED) is 0.465. The van der Waals surface area contributed by atoms with Crippen molar-refractivity contribution in [2.45, 2.75) is 6.54 Å². The minimum atomic E-state index is -0.304. The zero-order chi connectivity index (χ0) is 20.4. The molecule has 0 unspecified atom stereocenters. The minimum absolute atomic E-state index is 0.124. The van der Waals surface area contributed by atoms with Gasteiger partial charge in [-0.1, -0.05) is 24.3 Å². The van der Waals surface area contributed by atoms with Gasteiger partial charge in [0.1, 0.15) is 17.1 Å². The number of fused-ring (bicyclic) bond motifs is 1. The fourth-order valence-corrected chi connectivity index (χ4v) is 4.26. The number of amides is 1. The Labute approximate surface area is 178 Å². The van der Waals surface area contributed by atoms with Gasteiger partial charge in [0.25, 0.3) is 5.56 Å². The summed E-state index contributed by atoms with van der Waals surface area (Å²) < 4.78 is 7.29. The van der Waals surface area contributed by atoms with Gasteiger partial charge in [0.05, 0.1) is 24.5 Å². The summed E-state index contributed by atoms with van der Waals surface area (Å²) in [6.07, 6.45) is 1.42. The third-order valence-electron chi connectivity index (χ3n) is 4.42. The highest BCUT2D eigenvalue weighted by molar-refractivity contribution is 9.10. The predicted molar refractivity (Wildman–Crippen MR) is 119 cm³/mol. The Morgan fingerprint density at radius 1 is 1.21 bits per heavy atom. The monoisotopic (exact) mass is 469 g/mol. The smallest absolute Gasteiger partial charge is 0.263 e. The van der Waals surface area contributed by atoms with Gasteiger partial charge >= 0.3 is 0 Å². The number of halogens is 1. The third-order valence-corrected chi connectivity index (χ3v) is 6.00. The van der Waals surface area contributed by atoms with Crippen LogP contribution in [0.2, 0.25) is 0 Å². The number of ether oxygens (including phenoxy) is 1. The van der Waals surface area contributed by atoms with Gasteiger partial charge in [-0.05, 0) is 45.8 Å². The summed E-state index contributed by atoms with van der Waals surface area (Å²) in [5.41, 5.74) is 2.09. The summed E-state index contributed by atoms with van der Waals surface area (Å²) >= 11 is 4.80. The standard InChI is InChI=1S/C21H16BrN3O3S/c1-28-14-8-6-13(7-9-14)15-11-29-20-19(15)21(27)25(12-23-20)10-18(26)24-17-5-3-2-4-16(17)22/h2-9,11-12H,10H2,1H3,(H,24,26). The first-order valence-electron chi connectivity index (χ1n) is 8.72. The van der Waals surface area contributed by atoms with Gasteiger partial charge in [-0.15, -0.1) is 11.3 Å². The van der Waals surface area contributed by atoms with Gasteiger partial charge in [-0.2, -0.15) is 0 Å². The first kappa shape index (κ1) is 19.4. The molecule has 0 saturated carbocycles. The van der Waals surface area contributed by atoms with Crippen LogP contribution in [0.5, 0.6) is 5.75 Å². The molecule has 146 valence electrons. The molecular weight excluding hydrogens is 454 g/mol. The van der Waals surface area contributed by atoms with Crippen molar-refractivity contribution in [2.75, 3.05) is 12.4 Å². The molecule has 0 bridgehead atoms. The lowest BCUT2D eigenvalue weighted by Gasteiger charge is -2.09. The van der Waals surface area contributed by atoms with E-state index < -0.39 is 0 Å². The predicted octanol–water partition coefficient (Wildman–Crippen LogP) is 4.53. The van der Waals surface area contributed by atoms with E-state index in [9.17, 15) is 9.59 Å². The Kier molecular flexibility index (Phi) is 5.46. The Bertz CT molecular complexity index is 1250. The lowest BCUT2D eigenvalue weighted by atomic mass is 10.1. The van der Waals surface area contributed by atoms with Crippen LogP contribution in [0.4, 0.5) is 5.69 Å². The lowest BCUT2D eigenvalue weighted by Crippen LogP contribution is -2.27. The largest absolute Gasteiger partial charge is 0.497 e. The van der Waals surface area contributed by atoms with Crippen LogP contribution < -0.4 is 15.6 Å². The average Bonchev–Trinajstić information content (AvgIpc) is 3.17. The molecule has 1 N–H and O–H groups in total. The van der Waals surface area contributed by atoms with E-state index in [1.807, 2.05) is 47.8 Å². The number of carbonyl (C=O) groups excluding carboxylic acids is 1. The summed E-state index contributed by atoms with van der Waals surface area (Å²) in [5, 5.41) is 5.22. The number of hydrogen-bond donors (Lipinski definition) is 1. The zero-order valence-corrected chi connectivity index (χ0v) is 17.8. The Balaban J connectivity index is 1.66. The number of carbonyl (C=O) groups is 1. The van der Waals surface area contributed by atoms with E-state index in [0.29, 0.717) is 15.9 Å². The summed E-state index contributed by atoms with van der Waals surface area (Å²) in [5.74, 6) is 0.439. The van der Waals surface area contributed by atoms with E-state index in [2.05, 4.69) is 26.2 Å². The Hall–Kier alpha value is -2.97. The number of methoxy groups -OCH3 is 1. The number of hydrogen-bond acceptors (Lipinski definition) is 5. The van der Waals surface area contributed by atoms with Crippen molar-refractivity contribution in [3.8, 4) is 16.9 Å². The molecule has 8 heteroatoms. The lowest BCUT2D eigenvalue weighted by molar-refractivity contribution is -0.116. The maximum absolute atomic E-state index is 13.1. The minimum Gasteiger partial charge on any atom is -0.497 e. The van der Waals surface area contributed by atoms with Crippen molar-refractivity contribution in [1.29, 1.82) is 0 Å². The second-order valence-electron chi connectivity index (χ2n) is 6.26. The van der Waals surface area contributed by atoms with Crippen LogP contribution in [-0.2, 0) is 11.3 Å². The van der Waals surface area contributed by atoms with E-state index in [4.69, 9.17) is 4.74 Å². The maximum atomic E-state index is 13.1. The molecule has 1 amide bonds. The molecule has 4 rings (SSSR count). The van der Waals surface area contributed by atoms with Gasteiger partial charge in [0.15, 0.2) is 0 Å². The van der Waals surface area contributed by atoms with Crippen LogP contribution >= 0.6 is 27.3 Å². The number of para-hydroxylation sites is 1. The molecular formula is C21H16BrN3O3S. The normalized spacial score (nSPS) is 10.8. The van der Waals surface area contributed by atoms with Gasteiger partial charge in [0, 0.05) is 15.4 Å². The average molecular weight is 470 g/mol.